The van der Waals surface area contributed by atoms with Crippen LogP contribution in [0.15, 0.2) is 6.20 Å². The fourth-order valence-corrected chi connectivity index (χ4v) is 2.05. The van der Waals surface area contributed by atoms with E-state index in [-0.39, 0.29) is 19.7 Å². The molecule has 1 N–H and O–H groups in total. The van der Waals surface area contributed by atoms with Gasteiger partial charge in [-0.25, -0.2) is 0 Å². The Morgan fingerprint density at radius 2 is 2.00 bits per heavy atom. The van der Waals surface area contributed by atoms with Gasteiger partial charge in [-0.05, 0) is 13.8 Å². The number of hydrogen-bond acceptors (Lipinski definition) is 4. The van der Waals surface area contributed by atoms with Crippen molar-refractivity contribution in [3.8, 4) is 5.75 Å². The highest BCUT2D eigenvalue weighted by Gasteiger charge is 2.31. The largest absolute Gasteiger partial charge is 0.496 e. The third-order valence-electron chi connectivity index (χ3n) is 2.94. The second-order valence-electron chi connectivity index (χ2n) is 4.60. The molecule has 7 heteroatoms. The number of rotatable bonds is 6. The van der Waals surface area contributed by atoms with Crippen LogP contribution in [-0.4, -0.2) is 48.0 Å². The second-order valence-corrected chi connectivity index (χ2v) is 4.60. The smallest absolute Gasteiger partial charge is 0.401 e. The summed E-state index contributed by atoms with van der Waals surface area (Å²) in [6.45, 7) is 2.13. The first-order valence-corrected chi connectivity index (χ1v) is 6.17. The molecule has 0 saturated carbocycles. The van der Waals surface area contributed by atoms with E-state index >= 15 is 0 Å². The third-order valence-corrected chi connectivity index (χ3v) is 2.94. The maximum atomic E-state index is 12.5. The van der Waals surface area contributed by atoms with Crippen molar-refractivity contribution in [2.45, 2.75) is 26.6 Å². The molecule has 0 aromatic carbocycles. The van der Waals surface area contributed by atoms with Crippen LogP contribution in [0.1, 0.15) is 16.8 Å². The molecule has 1 aromatic heterocycles. The highest BCUT2D eigenvalue weighted by Crippen LogP contribution is 2.25. The number of aromatic nitrogens is 1. The van der Waals surface area contributed by atoms with Crippen LogP contribution in [0.2, 0.25) is 0 Å². The molecule has 0 atom stereocenters. The molecule has 0 bridgehead atoms. The second kappa shape index (κ2) is 6.90. The van der Waals surface area contributed by atoms with Gasteiger partial charge >= 0.3 is 6.18 Å². The van der Waals surface area contributed by atoms with Crippen LogP contribution in [0.4, 0.5) is 13.2 Å². The molecule has 1 heterocycles. The van der Waals surface area contributed by atoms with Gasteiger partial charge in [0, 0.05) is 30.4 Å². The summed E-state index contributed by atoms with van der Waals surface area (Å²) in [4.78, 5) is 5.28. The van der Waals surface area contributed by atoms with Gasteiger partial charge in [-0.3, -0.25) is 9.88 Å². The zero-order chi connectivity index (χ0) is 15.3. The van der Waals surface area contributed by atoms with Gasteiger partial charge in [0.1, 0.15) is 5.75 Å². The van der Waals surface area contributed by atoms with Gasteiger partial charge in [-0.15, -0.1) is 0 Å². The number of hydrogen-bond donors (Lipinski definition) is 1. The Balaban J connectivity index is 2.94. The van der Waals surface area contributed by atoms with Gasteiger partial charge in [0.15, 0.2) is 0 Å². The summed E-state index contributed by atoms with van der Waals surface area (Å²) in [5, 5.41) is 8.87. The number of aliphatic hydroxyl groups is 1. The highest BCUT2D eigenvalue weighted by molar-refractivity contribution is 5.41. The Kier molecular flexibility index (Phi) is 5.76. The van der Waals surface area contributed by atoms with Crippen molar-refractivity contribution in [2.75, 3.05) is 26.8 Å². The van der Waals surface area contributed by atoms with Gasteiger partial charge in [-0.2, -0.15) is 13.2 Å². The Labute approximate surface area is 116 Å². The van der Waals surface area contributed by atoms with Crippen LogP contribution in [-0.2, 0) is 6.54 Å². The first kappa shape index (κ1) is 16.7. The van der Waals surface area contributed by atoms with Crippen molar-refractivity contribution < 1.29 is 23.0 Å². The maximum Gasteiger partial charge on any atom is 0.401 e. The predicted octanol–water partition coefficient (Wildman–Crippen LogP) is 2.06. The highest BCUT2D eigenvalue weighted by atomic mass is 19.4. The van der Waals surface area contributed by atoms with Gasteiger partial charge in [0.2, 0.25) is 0 Å². The fourth-order valence-electron chi connectivity index (χ4n) is 2.05. The van der Waals surface area contributed by atoms with E-state index in [1.54, 1.807) is 13.1 Å². The van der Waals surface area contributed by atoms with Crippen molar-refractivity contribution in [3.05, 3.63) is 23.0 Å². The van der Waals surface area contributed by atoms with Crippen LogP contribution in [0.25, 0.3) is 0 Å². The summed E-state index contributed by atoms with van der Waals surface area (Å²) in [6, 6.07) is 0. The van der Waals surface area contributed by atoms with E-state index in [0.29, 0.717) is 11.4 Å². The molecular weight excluding hydrogens is 273 g/mol. The first-order chi connectivity index (χ1) is 9.28. The number of aliphatic hydroxyl groups excluding tert-OH is 1. The minimum Gasteiger partial charge on any atom is -0.496 e. The van der Waals surface area contributed by atoms with E-state index in [1.807, 2.05) is 6.92 Å². The van der Waals surface area contributed by atoms with E-state index in [2.05, 4.69) is 4.98 Å². The molecule has 0 saturated heterocycles. The average Bonchev–Trinajstić information content (AvgIpc) is 2.32. The molecule has 0 aliphatic carbocycles. The van der Waals surface area contributed by atoms with Gasteiger partial charge < -0.3 is 9.84 Å². The van der Waals surface area contributed by atoms with E-state index in [0.717, 1.165) is 16.0 Å². The van der Waals surface area contributed by atoms with Crippen LogP contribution >= 0.6 is 0 Å². The SMILES string of the molecule is COc1c(C)cnc(CN(CCO)CC(F)(F)F)c1C. The number of pyridine rings is 1. The van der Waals surface area contributed by atoms with Crippen molar-refractivity contribution in [3.63, 3.8) is 0 Å². The lowest BCUT2D eigenvalue weighted by atomic mass is 10.1. The average molecular weight is 292 g/mol. The lowest BCUT2D eigenvalue weighted by molar-refractivity contribution is -0.148. The quantitative estimate of drug-likeness (QED) is 0.872. The molecule has 1 aromatic rings. The molecule has 20 heavy (non-hydrogen) atoms. The van der Waals surface area contributed by atoms with Gasteiger partial charge in [0.05, 0.1) is 26.0 Å². The molecule has 1 rings (SSSR count). The summed E-state index contributed by atoms with van der Waals surface area (Å²) in [7, 11) is 1.51. The topological polar surface area (TPSA) is 45.6 Å². The molecule has 0 unspecified atom stereocenters. The van der Waals surface area contributed by atoms with E-state index in [1.165, 1.54) is 7.11 Å². The Bertz CT molecular complexity index is 450. The van der Waals surface area contributed by atoms with Crippen LogP contribution < -0.4 is 4.74 Å². The molecule has 4 nitrogen and oxygen atoms in total. The maximum absolute atomic E-state index is 12.5. The minimum absolute atomic E-state index is 0.0164. The zero-order valence-electron chi connectivity index (χ0n) is 11.8. The summed E-state index contributed by atoms with van der Waals surface area (Å²) < 4.78 is 42.6. The first-order valence-electron chi connectivity index (χ1n) is 6.17. The molecule has 0 radical (unpaired) electrons. The minimum atomic E-state index is -4.31. The van der Waals surface area contributed by atoms with Crippen LogP contribution in [0.3, 0.4) is 0 Å². The monoisotopic (exact) mass is 292 g/mol. The number of aryl methyl sites for hydroxylation is 1. The third kappa shape index (κ3) is 4.64. The van der Waals surface area contributed by atoms with Crippen LogP contribution in [0, 0.1) is 13.8 Å². The summed E-state index contributed by atoms with van der Waals surface area (Å²) >= 11 is 0. The number of methoxy groups -OCH3 is 1. The van der Waals surface area contributed by atoms with Crippen LogP contribution in [0.5, 0.6) is 5.75 Å². The predicted molar refractivity (Wildman–Crippen MR) is 68.7 cm³/mol. The molecule has 0 aliphatic rings. The van der Waals surface area contributed by atoms with Gasteiger partial charge in [-0.1, -0.05) is 0 Å². The van der Waals surface area contributed by atoms with Crippen molar-refractivity contribution in [1.82, 2.24) is 9.88 Å². The van der Waals surface area contributed by atoms with E-state index in [9.17, 15) is 13.2 Å². The lowest BCUT2D eigenvalue weighted by Gasteiger charge is -2.23. The number of halogens is 3. The Morgan fingerprint density at radius 1 is 1.35 bits per heavy atom. The Hall–Kier alpha value is -1.34. The molecular formula is C13H19F3N2O2. The molecule has 0 spiro atoms. The number of nitrogens with zero attached hydrogens (tertiary/aromatic N) is 2. The number of alkyl halides is 3. The normalized spacial score (nSPS) is 12.0. The number of ether oxygens (including phenoxy) is 1. The molecule has 0 fully saturated rings. The molecule has 114 valence electrons. The molecule has 0 amide bonds. The summed E-state index contributed by atoms with van der Waals surface area (Å²) in [5.41, 5.74) is 2.07. The van der Waals surface area contributed by atoms with Crippen molar-refractivity contribution in [2.24, 2.45) is 0 Å². The molecule has 0 aliphatic heterocycles. The van der Waals surface area contributed by atoms with Crippen molar-refractivity contribution >= 4 is 0 Å². The fraction of sp³-hybridized carbons (Fsp3) is 0.615. The summed E-state index contributed by atoms with van der Waals surface area (Å²) in [5.74, 6) is 0.631. The van der Waals surface area contributed by atoms with Crippen molar-refractivity contribution in [1.29, 1.82) is 0 Å². The Morgan fingerprint density at radius 3 is 2.50 bits per heavy atom. The summed E-state index contributed by atoms with van der Waals surface area (Å²) in [6.07, 6.45) is -2.73. The van der Waals surface area contributed by atoms with E-state index < -0.39 is 12.7 Å². The zero-order valence-corrected chi connectivity index (χ0v) is 11.8. The van der Waals surface area contributed by atoms with E-state index in [4.69, 9.17) is 9.84 Å². The standard InChI is InChI=1S/C13H19F3N2O2/c1-9-6-17-11(10(2)12(9)20-3)7-18(4-5-19)8-13(14,15)16/h6,19H,4-5,7-8H2,1-3H3. The van der Waals surface area contributed by atoms with Gasteiger partial charge in [0.25, 0.3) is 0 Å². The lowest BCUT2D eigenvalue weighted by Crippen LogP contribution is -2.36.